The highest BCUT2D eigenvalue weighted by atomic mass is 16.1. The number of rotatable bonds is 6. The van der Waals surface area contributed by atoms with Gasteiger partial charge in [-0.3, -0.25) is 14.5 Å². The van der Waals surface area contributed by atoms with Crippen LogP contribution in [0.1, 0.15) is 43.1 Å². The zero-order chi connectivity index (χ0) is 23.5. The minimum Gasteiger partial charge on any atom is -0.366 e. The summed E-state index contributed by atoms with van der Waals surface area (Å²) in [5.41, 5.74) is 2.25. The first-order chi connectivity index (χ1) is 16.5. The molecule has 1 fully saturated rings. The van der Waals surface area contributed by atoms with Gasteiger partial charge in [-0.05, 0) is 57.3 Å². The summed E-state index contributed by atoms with van der Waals surface area (Å²) in [6, 6.07) is 8.53. The highest BCUT2D eigenvalue weighted by Crippen LogP contribution is 2.25. The van der Waals surface area contributed by atoms with Crippen LogP contribution in [-0.2, 0) is 0 Å². The average Bonchev–Trinajstić information content (AvgIpc) is 3.36. The van der Waals surface area contributed by atoms with Crippen LogP contribution in [0.3, 0.4) is 0 Å². The molecule has 0 aliphatic carbocycles. The number of hydrogen-bond acceptors (Lipinski definition) is 7. The van der Waals surface area contributed by atoms with E-state index >= 15 is 0 Å². The molecule has 0 spiro atoms. The Labute approximate surface area is 198 Å². The largest absolute Gasteiger partial charge is 0.366 e. The van der Waals surface area contributed by atoms with Crippen molar-refractivity contribution >= 4 is 28.3 Å². The zero-order valence-electron chi connectivity index (χ0n) is 19.3. The van der Waals surface area contributed by atoms with Crippen molar-refractivity contribution in [1.82, 2.24) is 30.0 Å². The van der Waals surface area contributed by atoms with Gasteiger partial charge in [0.05, 0.1) is 29.8 Å². The molecule has 1 saturated heterocycles. The van der Waals surface area contributed by atoms with E-state index in [1.165, 1.54) is 0 Å². The average molecular weight is 457 g/mol. The molecule has 4 aromatic rings. The number of piperidine rings is 1. The van der Waals surface area contributed by atoms with Crippen LogP contribution in [0.2, 0.25) is 0 Å². The third-order valence-electron chi connectivity index (χ3n) is 5.98. The van der Waals surface area contributed by atoms with Gasteiger partial charge >= 0.3 is 0 Å². The second kappa shape index (κ2) is 9.56. The van der Waals surface area contributed by atoms with Crippen LogP contribution >= 0.6 is 0 Å². The molecule has 0 bridgehead atoms. The number of nitrogens with one attached hydrogen (secondary N) is 3. The van der Waals surface area contributed by atoms with Gasteiger partial charge in [0.25, 0.3) is 5.91 Å². The molecule has 0 saturated carbocycles. The second-order valence-electron chi connectivity index (χ2n) is 8.85. The lowest BCUT2D eigenvalue weighted by Crippen LogP contribution is -2.35. The number of nitrogens with zero attached hydrogens (tertiary/aromatic N) is 5. The quantitative estimate of drug-likeness (QED) is 0.404. The van der Waals surface area contributed by atoms with Crippen LogP contribution in [0.5, 0.6) is 0 Å². The summed E-state index contributed by atoms with van der Waals surface area (Å²) < 4.78 is 1.75. The van der Waals surface area contributed by atoms with Crippen molar-refractivity contribution in [3.63, 3.8) is 0 Å². The molecule has 1 amide bonds. The van der Waals surface area contributed by atoms with E-state index in [1.807, 2.05) is 38.1 Å². The third-order valence-corrected chi connectivity index (χ3v) is 5.98. The first kappa shape index (κ1) is 22.0. The molecule has 0 atom stereocenters. The Morgan fingerprint density at radius 3 is 2.71 bits per heavy atom. The Hall–Kier alpha value is -3.85. The summed E-state index contributed by atoms with van der Waals surface area (Å²) in [6.07, 6.45) is 10.7. The molecule has 1 aliphatic rings. The van der Waals surface area contributed by atoms with Crippen molar-refractivity contribution in [2.24, 2.45) is 0 Å². The van der Waals surface area contributed by atoms with Crippen molar-refractivity contribution in [1.29, 1.82) is 0 Å². The van der Waals surface area contributed by atoms with E-state index in [0.717, 1.165) is 53.8 Å². The molecule has 9 nitrogen and oxygen atoms in total. The van der Waals surface area contributed by atoms with Gasteiger partial charge < -0.3 is 16.0 Å². The maximum Gasteiger partial charge on any atom is 0.260 e. The lowest BCUT2D eigenvalue weighted by Gasteiger charge is -2.24. The highest BCUT2D eigenvalue weighted by Gasteiger charge is 2.14. The summed E-state index contributed by atoms with van der Waals surface area (Å²) in [6.45, 7) is 6.06. The van der Waals surface area contributed by atoms with Crippen molar-refractivity contribution in [3.8, 4) is 11.3 Å². The number of benzene rings is 1. The summed E-state index contributed by atoms with van der Waals surface area (Å²) >= 11 is 0. The van der Waals surface area contributed by atoms with Gasteiger partial charge in [-0.25, -0.2) is 9.97 Å². The summed E-state index contributed by atoms with van der Waals surface area (Å²) in [5.74, 6) is 1.03. The second-order valence-corrected chi connectivity index (χ2v) is 8.85. The van der Waals surface area contributed by atoms with E-state index in [4.69, 9.17) is 4.98 Å². The van der Waals surface area contributed by atoms with Crippen molar-refractivity contribution in [3.05, 3.63) is 60.8 Å². The van der Waals surface area contributed by atoms with Crippen molar-refractivity contribution in [2.45, 2.75) is 38.8 Å². The molecular formula is C25H28N8O. The number of aromatic nitrogens is 5. The van der Waals surface area contributed by atoms with E-state index in [-0.39, 0.29) is 11.9 Å². The zero-order valence-corrected chi connectivity index (χ0v) is 19.3. The molecule has 9 heteroatoms. The molecule has 3 N–H and O–H groups in total. The molecule has 0 radical (unpaired) electrons. The Bertz CT molecular complexity index is 1310. The molecule has 1 aromatic carbocycles. The van der Waals surface area contributed by atoms with Gasteiger partial charge in [-0.15, -0.1) is 0 Å². The van der Waals surface area contributed by atoms with E-state index in [9.17, 15) is 4.79 Å². The van der Waals surface area contributed by atoms with E-state index in [2.05, 4.69) is 31.0 Å². The summed E-state index contributed by atoms with van der Waals surface area (Å²) in [7, 11) is 0. The number of pyridine rings is 1. The smallest absolute Gasteiger partial charge is 0.260 e. The molecular weight excluding hydrogens is 428 g/mol. The normalized spacial score (nSPS) is 14.4. The number of amides is 1. The SMILES string of the molecule is CC(C)n1cc(C(=O)Nc2cc3cc(-c4cncc(NC5CCNCC5)n4)ccc3cn2)cn1. The fraction of sp³-hybridized carbons (Fsp3) is 0.320. The predicted molar refractivity (Wildman–Crippen MR) is 133 cm³/mol. The number of fused-ring (bicyclic) bond motifs is 1. The Kier molecular flexibility index (Phi) is 6.18. The van der Waals surface area contributed by atoms with Gasteiger partial charge in [-0.2, -0.15) is 5.10 Å². The van der Waals surface area contributed by atoms with Gasteiger partial charge in [-0.1, -0.05) is 12.1 Å². The lowest BCUT2D eigenvalue weighted by atomic mass is 10.1. The fourth-order valence-corrected chi connectivity index (χ4v) is 4.04. The van der Waals surface area contributed by atoms with Gasteiger partial charge in [0.15, 0.2) is 0 Å². The molecule has 1 aliphatic heterocycles. The van der Waals surface area contributed by atoms with Gasteiger partial charge in [0.2, 0.25) is 0 Å². The summed E-state index contributed by atoms with van der Waals surface area (Å²) in [5, 5.41) is 15.9. The Morgan fingerprint density at radius 2 is 1.91 bits per heavy atom. The Morgan fingerprint density at radius 1 is 1.06 bits per heavy atom. The maximum atomic E-state index is 12.6. The van der Waals surface area contributed by atoms with Gasteiger partial charge in [0.1, 0.15) is 11.6 Å². The Balaban J connectivity index is 1.35. The minimum absolute atomic E-state index is 0.190. The van der Waals surface area contributed by atoms with E-state index < -0.39 is 0 Å². The topological polar surface area (TPSA) is 110 Å². The number of anilines is 2. The third kappa shape index (κ3) is 4.89. The van der Waals surface area contributed by atoms with E-state index in [0.29, 0.717) is 17.4 Å². The van der Waals surface area contributed by atoms with Crippen LogP contribution in [0, 0.1) is 0 Å². The first-order valence-corrected chi connectivity index (χ1v) is 11.6. The molecule has 34 heavy (non-hydrogen) atoms. The first-order valence-electron chi connectivity index (χ1n) is 11.6. The van der Waals surface area contributed by atoms with Gasteiger partial charge in [0, 0.05) is 35.4 Å². The van der Waals surface area contributed by atoms with Crippen LogP contribution < -0.4 is 16.0 Å². The molecule has 174 valence electrons. The van der Waals surface area contributed by atoms with Crippen LogP contribution in [0.25, 0.3) is 22.0 Å². The molecule has 0 unspecified atom stereocenters. The number of carbonyl (C=O) groups is 1. The van der Waals surface area contributed by atoms with Crippen LogP contribution in [-0.4, -0.2) is 49.8 Å². The predicted octanol–water partition coefficient (Wildman–Crippen LogP) is 3.89. The maximum absolute atomic E-state index is 12.6. The molecule has 4 heterocycles. The standard InChI is InChI=1S/C25H28N8O/c1-16(2)33-15-20(12-29-33)25(34)32-23-10-19-9-17(3-4-18(19)11-28-23)22-13-27-14-24(31-22)30-21-5-7-26-8-6-21/h3-4,9-16,21,26H,5-8H2,1-2H3,(H,30,31)(H,28,32,34). The lowest BCUT2D eigenvalue weighted by molar-refractivity contribution is 0.102. The molecule has 3 aromatic heterocycles. The fourth-order valence-electron chi connectivity index (χ4n) is 4.04. The number of hydrogen-bond donors (Lipinski definition) is 3. The van der Waals surface area contributed by atoms with Crippen LogP contribution in [0.15, 0.2) is 55.2 Å². The highest BCUT2D eigenvalue weighted by molar-refractivity contribution is 6.04. The number of carbonyl (C=O) groups excluding carboxylic acids is 1. The molecule has 5 rings (SSSR count). The summed E-state index contributed by atoms with van der Waals surface area (Å²) in [4.78, 5) is 26.2. The van der Waals surface area contributed by atoms with Crippen LogP contribution in [0.4, 0.5) is 11.6 Å². The minimum atomic E-state index is -0.238. The van der Waals surface area contributed by atoms with E-state index in [1.54, 1.807) is 35.7 Å². The van der Waals surface area contributed by atoms with Crippen molar-refractivity contribution < 1.29 is 4.79 Å². The van der Waals surface area contributed by atoms with Crippen molar-refractivity contribution in [2.75, 3.05) is 23.7 Å². The monoisotopic (exact) mass is 456 g/mol.